The number of nitrogens with zero attached hydrogens (tertiary/aromatic N) is 4. The Labute approximate surface area is 240 Å². The molecule has 2 unspecified atom stereocenters. The van der Waals surface area contributed by atoms with Crippen molar-refractivity contribution in [3.05, 3.63) is 59.8 Å². The second-order valence-electron chi connectivity index (χ2n) is 12.2. The van der Waals surface area contributed by atoms with Gasteiger partial charge < -0.3 is 34.3 Å². The van der Waals surface area contributed by atoms with Gasteiger partial charge in [0.1, 0.15) is 23.2 Å². The summed E-state index contributed by atoms with van der Waals surface area (Å²) < 4.78 is 12.9. The van der Waals surface area contributed by atoms with Crippen molar-refractivity contribution >= 4 is 6.09 Å². The van der Waals surface area contributed by atoms with Crippen molar-refractivity contribution < 1.29 is 24.3 Å². The van der Waals surface area contributed by atoms with Gasteiger partial charge in [0.05, 0.1) is 12.1 Å². The van der Waals surface area contributed by atoms with E-state index in [-0.39, 0.29) is 12.6 Å². The number of nitrogens with one attached hydrogen (secondary N) is 1. The number of ether oxygens (including phenoxy) is 1. The van der Waals surface area contributed by atoms with Crippen molar-refractivity contribution in [1.29, 1.82) is 0 Å². The number of β-amino-alcohol motifs (C(OH)–C–C–N with tert-alkyl or cyclic N) is 1. The number of imidazole rings is 1. The predicted molar refractivity (Wildman–Crippen MR) is 153 cm³/mol. The molecule has 0 spiro atoms. The van der Waals surface area contributed by atoms with Gasteiger partial charge in [-0.15, -0.1) is 0 Å². The molecule has 3 N–H and O–H groups in total. The molecule has 1 amide bonds. The molecule has 0 radical (unpaired) electrons. The van der Waals surface area contributed by atoms with Gasteiger partial charge in [-0.25, -0.2) is 9.78 Å². The molecule has 0 bridgehead atoms. The Bertz CT molecular complexity index is 1400. The Morgan fingerprint density at radius 2 is 1.90 bits per heavy atom. The van der Waals surface area contributed by atoms with Gasteiger partial charge in [-0.05, 0) is 70.7 Å². The van der Waals surface area contributed by atoms with Gasteiger partial charge in [-0.2, -0.15) is 0 Å². The molecule has 1 aromatic carbocycles. The zero-order valence-electron chi connectivity index (χ0n) is 24.2. The highest BCUT2D eigenvalue weighted by molar-refractivity contribution is 5.67. The minimum absolute atomic E-state index is 0.158. The highest BCUT2D eigenvalue weighted by atomic mass is 16.6. The van der Waals surface area contributed by atoms with Crippen LogP contribution in [-0.2, 0) is 4.74 Å². The average Bonchev–Trinajstić information content (AvgIpc) is 3.39. The summed E-state index contributed by atoms with van der Waals surface area (Å²) >= 11 is 0. The van der Waals surface area contributed by atoms with E-state index < -0.39 is 23.8 Å². The van der Waals surface area contributed by atoms with Gasteiger partial charge >= 0.3 is 6.09 Å². The van der Waals surface area contributed by atoms with Crippen LogP contribution in [-0.4, -0.2) is 73.8 Å². The maximum absolute atomic E-state index is 12.4. The zero-order valence-corrected chi connectivity index (χ0v) is 24.2. The molecule has 5 rings (SSSR count). The lowest BCUT2D eigenvalue weighted by molar-refractivity contribution is 0.0521. The first-order valence-corrected chi connectivity index (χ1v) is 14.1. The highest BCUT2D eigenvalue weighted by Gasteiger charge is 2.54. The van der Waals surface area contributed by atoms with E-state index in [1.807, 2.05) is 37.3 Å². The van der Waals surface area contributed by atoms with E-state index in [1.165, 1.54) is 0 Å². The number of likely N-dealkylation sites (tertiary alicyclic amines) is 1. The molecule has 2 fully saturated rings. The standard InChI is InChI=1S/C31H39N5O5/c1-19(37)16-35-17-24-23(25(24)18-35)11-8-21-6-9-22(10-7-21)28-14-26(34-41-28)27(15-33-30(39)40-31(3,4)5)36-13-12-32-29(36)20(2)38/h6-7,9-10,12-14,19-20,23-25,27,37-38H,15-18H2,1-5H3,(H,33,39)/t19?,20-,23?,24-,25+,27+/m0/s1. The summed E-state index contributed by atoms with van der Waals surface area (Å²) in [5.74, 6) is 9.48. The number of carbonyl (C=O) groups is 1. The molecular formula is C31H39N5O5. The normalized spacial score (nSPS) is 22.3. The third-order valence-corrected chi connectivity index (χ3v) is 7.46. The van der Waals surface area contributed by atoms with Gasteiger partial charge in [0, 0.05) is 61.7 Å². The number of aliphatic hydroxyl groups excluding tert-OH is 2. The molecule has 2 aliphatic rings. The molecule has 2 aromatic heterocycles. The lowest BCUT2D eigenvalue weighted by Gasteiger charge is -2.23. The molecule has 10 nitrogen and oxygen atoms in total. The Morgan fingerprint density at radius 3 is 2.54 bits per heavy atom. The number of amides is 1. The zero-order chi connectivity index (χ0) is 29.3. The van der Waals surface area contributed by atoms with Crippen LogP contribution in [0.1, 0.15) is 63.8 Å². The van der Waals surface area contributed by atoms with Gasteiger partial charge in [-0.1, -0.05) is 17.0 Å². The summed E-state index contributed by atoms with van der Waals surface area (Å²) in [6.45, 7) is 11.8. The summed E-state index contributed by atoms with van der Waals surface area (Å²) in [5, 5.41) is 26.9. The number of hydrogen-bond donors (Lipinski definition) is 3. The van der Waals surface area contributed by atoms with Crippen LogP contribution in [0, 0.1) is 29.6 Å². The number of aromatic nitrogens is 3. The van der Waals surface area contributed by atoms with E-state index in [1.54, 1.807) is 44.7 Å². The Balaban J connectivity index is 1.26. The fourth-order valence-electron chi connectivity index (χ4n) is 5.57. The molecular weight excluding hydrogens is 522 g/mol. The number of alkyl carbamates (subject to hydrolysis) is 1. The van der Waals surface area contributed by atoms with Crippen molar-refractivity contribution in [2.24, 2.45) is 17.8 Å². The Kier molecular flexibility index (Phi) is 8.23. The van der Waals surface area contributed by atoms with Gasteiger partial charge in [-0.3, -0.25) is 0 Å². The van der Waals surface area contributed by atoms with Crippen molar-refractivity contribution in [1.82, 2.24) is 24.9 Å². The summed E-state index contributed by atoms with van der Waals surface area (Å²) in [7, 11) is 0. The topological polar surface area (TPSA) is 126 Å². The first-order valence-electron chi connectivity index (χ1n) is 14.1. The average molecular weight is 562 g/mol. The predicted octanol–water partition coefficient (Wildman–Crippen LogP) is 3.62. The van der Waals surface area contributed by atoms with Crippen LogP contribution < -0.4 is 5.32 Å². The largest absolute Gasteiger partial charge is 0.444 e. The number of hydrogen-bond acceptors (Lipinski definition) is 8. The molecule has 1 saturated carbocycles. The van der Waals surface area contributed by atoms with Crippen LogP contribution in [0.15, 0.2) is 47.2 Å². The van der Waals surface area contributed by atoms with Crippen LogP contribution >= 0.6 is 0 Å². The van der Waals surface area contributed by atoms with Crippen LogP contribution in [0.25, 0.3) is 11.3 Å². The fraction of sp³-hybridized carbons (Fsp3) is 0.516. The Hall–Kier alpha value is -3.65. The summed E-state index contributed by atoms with van der Waals surface area (Å²) in [6, 6.07) is 9.22. The number of fused-ring (bicyclic) bond motifs is 1. The van der Waals surface area contributed by atoms with Crippen LogP contribution in [0.5, 0.6) is 0 Å². The van der Waals surface area contributed by atoms with Gasteiger partial charge in [0.25, 0.3) is 0 Å². The lowest BCUT2D eigenvalue weighted by Crippen LogP contribution is -2.36. The van der Waals surface area contributed by atoms with E-state index in [0.717, 1.165) is 30.8 Å². The lowest BCUT2D eigenvalue weighted by atomic mass is 10.1. The van der Waals surface area contributed by atoms with Gasteiger partial charge in [0.15, 0.2) is 5.76 Å². The minimum atomic E-state index is -0.813. The number of benzene rings is 1. The van der Waals surface area contributed by atoms with Crippen molar-refractivity contribution in [3.63, 3.8) is 0 Å². The van der Waals surface area contributed by atoms with Crippen LogP contribution in [0.4, 0.5) is 4.79 Å². The number of aliphatic hydroxyl groups is 2. The van der Waals surface area contributed by atoms with Crippen molar-refractivity contribution in [3.8, 4) is 23.2 Å². The molecule has 10 heteroatoms. The third-order valence-electron chi connectivity index (χ3n) is 7.46. The van der Waals surface area contributed by atoms with E-state index >= 15 is 0 Å². The molecule has 41 heavy (non-hydrogen) atoms. The molecule has 218 valence electrons. The number of rotatable bonds is 8. The van der Waals surface area contributed by atoms with Crippen LogP contribution in [0.2, 0.25) is 0 Å². The minimum Gasteiger partial charge on any atom is -0.444 e. The molecule has 3 heterocycles. The van der Waals surface area contributed by atoms with E-state index in [0.29, 0.717) is 35.0 Å². The number of piperidine rings is 1. The maximum Gasteiger partial charge on any atom is 0.407 e. The van der Waals surface area contributed by atoms with Gasteiger partial charge in [0.2, 0.25) is 0 Å². The number of carbonyl (C=O) groups excluding carboxylic acids is 1. The Morgan fingerprint density at radius 1 is 1.20 bits per heavy atom. The molecule has 1 saturated heterocycles. The summed E-state index contributed by atoms with van der Waals surface area (Å²) in [5.41, 5.74) is 1.74. The van der Waals surface area contributed by atoms with E-state index in [2.05, 4.69) is 32.2 Å². The first kappa shape index (κ1) is 28.9. The fourth-order valence-corrected chi connectivity index (χ4v) is 5.57. The quantitative estimate of drug-likeness (QED) is 0.356. The second kappa shape index (κ2) is 11.7. The first-order chi connectivity index (χ1) is 19.5. The van der Waals surface area contributed by atoms with Crippen LogP contribution in [0.3, 0.4) is 0 Å². The molecule has 1 aliphatic heterocycles. The summed E-state index contributed by atoms with van der Waals surface area (Å²) in [6.07, 6.45) is 1.69. The van der Waals surface area contributed by atoms with Crippen molar-refractivity contribution in [2.75, 3.05) is 26.2 Å². The highest BCUT2D eigenvalue weighted by Crippen LogP contribution is 2.51. The maximum atomic E-state index is 12.4. The monoisotopic (exact) mass is 561 g/mol. The SMILES string of the molecule is CC(O)CN1C[C@@H]2C(C#Cc3ccc(-c4cc([C@@H](CNC(=O)OC(C)(C)C)n5ccnc5[C@H](C)O)no4)cc3)[C@@H]2C1. The smallest absolute Gasteiger partial charge is 0.407 e. The molecule has 1 aliphatic carbocycles. The molecule has 3 aromatic rings. The second-order valence-corrected chi connectivity index (χ2v) is 12.2. The van der Waals surface area contributed by atoms with E-state index in [4.69, 9.17) is 9.26 Å². The summed E-state index contributed by atoms with van der Waals surface area (Å²) in [4.78, 5) is 19.0. The van der Waals surface area contributed by atoms with E-state index in [9.17, 15) is 15.0 Å². The third kappa shape index (κ3) is 6.99. The molecule has 6 atom stereocenters. The van der Waals surface area contributed by atoms with Crippen molar-refractivity contribution in [2.45, 2.75) is 58.5 Å².